The molecule has 0 saturated carbocycles. The highest BCUT2D eigenvalue weighted by Gasteiger charge is 2.32. The molecule has 1 unspecified atom stereocenters. The van der Waals surface area contributed by atoms with Crippen LogP contribution in [0.1, 0.15) is 23.7 Å². The molecular weight excluding hydrogens is 345 g/mol. The number of aryl methyl sites for hydroxylation is 1. The van der Waals surface area contributed by atoms with Crippen LogP contribution in [0.15, 0.2) is 18.2 Å². The SMILES string of the molecule is O=C(O)C(O)c1cc(OC(F)(F)F)ccc1CCCBr. The minimum Gasteiger partial charge on any atom is -0.479 e. The van der Waals surface area contributed by atoms with Crippen LogP contribution in [0.25, 0.3) is 0 Å². The number of benzene rings is 1. The van der Waals surface area contributed by atoms with Gasteiger partial charge in [-0.05, 0) is 36.1 Å². The summed E-state index contributed by atoms with van der Waals surface area (Å²) in [6, 6.07) is 3.32. The quantitative estimate of drug-likeness (QED) is 0.769. The van der Waals surface area contributed by atoms with Crippen LogP contribution in [-0.4, -0.2) is 27.9 Å². The molecule has 20 heavy (non-hydrogen) atoms. The monoisotopic (exact) mass is 356 g/mol. The van der Waals surface area contributed by atoms with Crippen LogP contribution in [0.5, 0.6) is 5.75 Å². The highest BCUT2D eigenvalue weighted by Crippen LogP contribution is 2.29. The second-order valence-corrected chi connectivity index (χ2v) is 4.73. The van der Waals surface area contributed by atoms with E-state index in [0.717, 1.165) is 12.1 Å². The lowest BCUT2D eigenvalue weighted by atomic mass is 9.98. The summed E-state index contributed by atoms with van der Waals surface area (Å²) in [6.07, 6.45) is -5.68. The molecule has 1 aromatic rings. The number of aliphatic carboxylic acids is 1. The molecule has 0 aliphatic rings. The average molecular weight is 357 g/mol. The Bertz CT molecular complexity index is 476. The molecule has 0 saturated heterocycles. The zero-order valence-electron chi connectivity index (χ0n) is 10.2. The minimum absolute atomic E-state index is 0.0970. The number of alkyl halides is 4. The van der Waals surface area contributed by atoms with Crippen molar-refractivity contribution in [3.8, 4) is 5.75 Å². The van der Waals surface area contributed by atoms with Gasteiger partial charge < -0.3 is 14.9 Å². The third kappa shape index (κ3) is 5.01. The van der Waals surface area contributed by atoms with Gasteiger partial charge in [0.1, 0.15) is 5.75 Å². The number of aliphatic hydroxyl groups is 1. The summed E-state index contributed by atoms with van der Waals surface area (Å²) < 4.78 is 40.1. The van der Waals surface area contributed by atoms with Crippen LogP contribution in [-0.2, 0) is 11.2 Å². The highest BCUT2D eigenvalue weighted by atomic mass is 79.9. The van der Waals surface area contributed by atoms with Gasteiger partial charge in [0.25, 0.3) is 0 Å². The molecule has 1 aromatic carbocycles. The Morgan fingerprint density at radius 1 is 1.40 bits per heavy atom. The van der Waals surface area contributed by atoms with Gasteiger partial charge in [-0.2, -0.15) is 0 Å². The van der Waals surface area contributed by atoms with E-state index < -0.39 is 24.2 Å². The van der Waals surface area contributed by atoms with Crippen LogP contribution >= 0.6 is 15.9 Å². The van der Waals surface area contributed by atoms with Crippen LogP contribution < -0.4 is 4.74 Å². The number of hydrogen-bond acceptors (Lipinski definition) is 3. The molecule has 0 aromatic heterocycles. The normalized spacial score (nSPS) is 13.1. The molecule has 0 spiro atoms. The fourth-order valence-electron chi connectivity index (χ4n) is 1.64. The standard InChI is InChI=1S/C12H12BrF3O4/c13-5-1-2-7-3-4-8(20-12(14,15)16)6-9(7)10(17)11(18)19/h3-4,6,10,17H,1-2,5H2,(H,18,19). The van der Waals surface area contributed by atoms with E-state index >= 15 is 0 Å². The van der Waals surface area contributed by atoms with Crippen molar-refractivity contribution in [3.63, 3.8) is 0 Å². The van der Waals surface area contributed by atoms with Crippen molar-refractivity contribution in [1.29, 1.82) is 0 Å². The molecule has 4 nitrogen and oxygen atoms in total. The lowest BCUT2D eigenvalue weighted by Gasteiger charge is -2.15. The second-order valence-electron chi connectivity index (χ2n) is 3.94. The number of ether oxygens (including phenoxy) is 1. The Kier molecular flexibility index (Phi) is 5.82. The highest BCUT2D eigenvalue weighted by molar-refractivity contribution is 9.09. The average Bonchev–Trinajstić information content (AvgIpc) is 2.34. The van der Waals surface area contributed by atoms with Crippen molar-refractivity contribution < 1.29 is 32.9 Å². The summed E-state index contributed by atoms with van der Waals surface area (Å²) in [7, 11) is 0. The third-order valence-electron chi connectivity index (χ3n) is 2.46. The third-order valence-corrected chi connectivity index (χ3v) is 3.02. The molecule has 0 amide bonds. The number of hydrogen-bond donors (Lipinski definition) is 2. The van der Waals surface area contributed by atoms with Crippen molar-refractivity contribution in [1.82, 2.24) is 0 Å². The van der Waals surface area contributed by atoms with E-state index in [9.17, 15) is 23.1 Å². The van der Waals surface area contributed by atoms with Crippen molar-refractivity contribution in [2.24, 2.45) is 0 Å². The van der Waals surface area contributed by atoms with E-state index in [4.69, 9.17) is 5.11 Å². The summed E-state index contributed by atoms with van der Waals surface area (Å²) in [6.45, 7) is 0. The zero-order valence-corrected chi connectivity index (χ0v) is 11.7. The first-order valence-corrected chi connectivity index (χ1v) is 6.72. The van der Waals surface area contributed by atoms with Crippen molar-refractivity contribution >= 4 is 21.9 Å². The van der Waals surface area contributed by atoms with E-state index in [1.807, 2.05) is 0 Å². The molecule has 0 aliphatic carbocycles. The lowest BCUT2D eigenvalue weighted by Crippen LogP contribution is -2.18. The van der Waals surface area contributed by atoms with Gasteiger partial charge in [-0.3, -0.25) is 0 Å². The molecule has 0 heterocycles. The predicted molar refractivity (Wildman–Crippen MR) is 67.8 cm³/mol. The van der Waals surface area contributed by atoms with E-state index in [1.165, 1.54) is 6.07 Å². The maximum Gasteiger partial charge on any atom is 0.573 e. The van der Waals surface area contributed by atoms with Crippen LogP contribution in [0, 0.1) is 0 Å². The van der Waals surface area contributed by atoms with Crippen molar-refractivity contribution in [3.05, 3.63) is 29.3 Å². The van der Waals surface area contributed by atoms with Gasteiger partial charge in [0, 0.05) is 5.33 Å². The fraction of sp³-hybridized carbons (Fsp3) is 0.417. The number of carboxylic acid groups (broad SMARTS) is 1. The van der Waals surface area contributed by atoms with Gasteiger partial charge in [-0.1, -0.05) is 22.0 Å². The summed E-state index contributed by atoms with van der Waals surface area (Å²) >= 11 is 3.20. The predicted octanol–water partition coefficient (Wildman–Crippen LogP) is 3.03. The van der Waals surface area contributed by atoms with Gasteiger partial charge in [-0.25, -0.2) is 4.79 Å². The summed E-state index contributed by atoms with van der Waals surface area (Å²) in [4.78, 5) is 10.8. The molecule has 112 valence electrons. The maximum absolute atomic E-state index is 12.1. The molecule has 0 radical (unpaired) electrons. The first kappa shape index (κ1) is 16.8. The lowest BCUT2D eigenvalue weighted by molar-refractivity contribution is -0.274. The Balaban J connectivity index is 3.10. The summed E-state index contributed by atoms with van der Waals surface area (Å²) in [5, 5.41) is 19.0. The van der Waals surface area contributed by atoms with E-state index in [0.29, 0.717) is 23.7 Å². The minimum atomic E-state index is -4.87. The molecule has 2 N–H and O–H groups in total. The first-order valence-electron chi connectivity index (χ1n) is 5.60. The molecular formula is C12H12BrF3O4. The number of carbonyl (C=O) groups is 1. The van der Waals surface area contributed by atoms with Crippen LogP contribution in [0.3, 0.4) is 0 Å². The summed E-state index contributed by atoms with van der Waals surface area (Å²) in [5.41, 5.74) is 0.370. The molecule has 1 rings (SSSR count). The van der Waals surface area contributed by atoms with E-state index in [1.54, 1.807) is 0 Å². The molecule has 0 bridgehead atoms. The maximum atomic E-state index is 12.1. The number of rotatable bonds is 6. The second kappa shape index (κ2) is 6.94. The summed E-state index contributed by atoms with van der Waals surface area (Å²) in [5.74, 6) is -2.09. The molecule has 0 fully saturated rings. The van der Waals surface area contributed by atoms with Gasteiger partial charge >= 0.3 is 12.3 Å². The Morgan fingerprint density at radius 3 is 2.55 bits per heavy atom. The van der Waals surface area contributed by atoms with E-state index in [-0.39, 0.29) is 5.56 Å². The topological polar surface area (TPSA) is 66.8 Å². The Morgan fingerprint density at radius 2 is 2.05 bits per heavy atom. The smallest absolute Gasteiger partial charge is 0.479 e. The fourth-order valence-corrected chi connectivity index (χ4v) is 1.92. The van der Waals surface area contributed by atoms with Crippen LogP contribution in [0.2, 0.25) is 0 Å². The van der Waals surface area contributed by atoms with Gasteiger partial charge in [-0.15, -0.1) is 13.2 Å². The van der Waals surface area contributed by atoms with Gasteiger partial charge in [0.05, 0.1) is 0 Å². The zero-order chi connectivity index (χ0) is 15.3. The Labute approximate surface area is 121 Å². The molecule has 0 aliphatic heterocycles. The Hall–Kier alpha value is -1.28. The number of aliphatic hydroxyl groups excluding tert-OH is 1. The van der Waals surface area contributed by atoms with Crippen LogP contribution in [0.4, 0.5) is 13.2 Å². The number of carboxylic acids is 1. The van der Waals surface area contributed by atoms with Crippen molar-refractivity contribution in [2.75, 3.05) is 5.33 Å². The van der Waals surface area contributed by atoms with Gasteiger partial charge in [0.15, 0.2) is 6.10 Å². The van der Waals surface area contributed by atoms with Crippen molar-refractivity contribution in [2.45, 2.75) is 25.3 Å². The number of halogens is 4. The van der Waals surface area contributed by atoms with Gasteiger partial charge in [0.2, 0.25) is 0 Å². The first-order chi connectivity index (χ1) is 9.24. The largest absolute Gasteiger partial charge is 0.573 e. The molecule has 1 atom stereocenters. The molecule has 8 heteroatoms. The van der Waals surface area contributed by atoms with E-state index in [2.05, 4.69) is 20.7 Å².